The number of ether oxygens (including phenoxy) is 2. The number of halogens is 2. The summed E-state index contributed by atoms with van der Waals surface area (Å²) in [7, 11) is 0. The van der Waals surface area contributed by atoms with Crippen molar-refractivity contribution in [3.8, 4) is 11.5 Å². The molecule has 0 spiro atoms. The Bertz CT molecular complexity index is 1180. The van der Waals surface area contributed by atoms with E-state index in [2.05, 4.69) is 37.2 Å². The van der Waals surface area contributed by atoms with Crippen molar-refractivity contribution in [2.24, 2.45) is 0 Å². The Kier molecular flexibility index (Phi) is 8.68. The van der Waals surface area contributed by atoms with Crippen LogP contribution in [0.3, 0.4) is 0 Å². The van der Waals surface area contributed by atoms with Crippen LogP contribution in [0.4, 0.5) is 0 Å². The van der Waals surface area contributed by atoms with Gasteiger partial charge in [-0.1, -0.05) is 46.3 Å². The van der Waals surface area contributed by atoms with Crippen LogP contribution in [-0.2, 0) is 11.4 Å². The summed E-state index contributed by atoms with van der Waals surface area (Å²) in [6.45, 7) is 2.56. The van der Waals surface area contributed by atoms with Crippen LogP contribution in [0, 0.1) is 0 Å². The molecule has 2 N–H and O–H groups in total. The first-order chi connectivity index (χ1) is 15.9. The molecule has 3 aromatic rings. The lowest BCUT2D eigenvalue weighted by molar-refractivity contribution is -0.132. The van der Waals surface area contributed by atoms with E-state index < -0.39 is 11.9 Å². The number of rotatable bonds is 9. The maximum absolute atomic E-state index is 12.4. The number of hydrogen-bond donors (Lipinski definition) is 2. The highest BCUT2D eigenvalue weighted by atomic mass is 79.9. The van der Waals surface area contributed by atoms with Gasteiger partial charge in [0.25, 0.3) is 5.91 Å². The third kappa shape index (κ3) is 6.94. The molecule has 0 atom stereocenters. The van der Waals surface area contributed by atoms with Gasteiger partial charge in [0.05, 0.1) is 11.1 Å². The largest absolute Gasteiger partial charge is 0.490 e. The van der Waals surface area contributed by atoms with Gasteiger partial charge in [-0.05, 0) is 76.5 Å². The molecule has 3 rings (SSSR count). The van der Waals surface area contributed by atoms with Crippen LogP contribution in [0.25, 0.3) is 6.08 Å². The van der Waals surface area contributed by atoms with Crippen molar-refractivity contribution in [1.29, 1.82) is 0 Å². The molecule has 0 aliphatic rings. The van der Waals surface area contributed by atoms with Crippen molar-refractivity contribution >= 4 is 49.8 Å². The predicted octanol–water partition coefficient (Wildman–Crippen LogP) is 6.04. The molecule has 170 valence electrons. The van der Waals surface area contributed by atoms with Crippen molar-refractivity contribution in [3.63, 3.8) is 0 Å². The van der Waals surface area contributed by atoms with E-state index in [1.165, 1.54) is 6.08 Å². The van der Waals surface area contributed by atoms with E-state index >= 15 is 0 Å². The SMILES string of the molecule is CCOc1cc(/C=C(/NC(=O)c2ccccc2)C(=O)O)cc(Br)c1OCc1cccc(Br)c1. The fraction of sp³-hybridized carbons (Fsp3) is 0.120. The molecule has 0 aliphatic carbocycles. The third-order valence-electron chi connectivity index (χ3n) is 4.43. The number of carboxylic acids is 1. The normalized spacial score (nSPS) is 11.1. The summed E-state index contributed by atoms with van der Waals surface area (Å²) in [5.41, 5.74) is 1.59. The van der Waals surface area contributed by atoms with Crippen molar-refractivity contribution in [2.75, 3.05) is 6.61 Å². The number of amides is 1. The average molecular weight is 575 g/mol. The molecule has 8 heteroatoms. The molecular weight excluding hydrogens is 554 g/mol. The number of hydrogen-bond acceptors (Lipinski definition) is 4. The van der Waals surface area contributed by atoms with Gasteiger partial charge in [0.15, 0.2) is 11.5 Å². The van der Waals surface area contributed by atoms with Crippen LogP contribution in [0.2, 0.25) is 0 Å². The zero-order valence-electron chi connectivity index (χ0n) is 17.7. The quantitative estimate of drug-likeness (QED) is 0.304. The molecular formula is C25H21Br2NO5. The van der Waals surface area contributed by atoms with Gasteiger partial charge in [-0.15, -0.1) is 0 Å². The van der Waals surface area contributed by atoms with E-state index in [0.29, 0.717) is 40.3 Å². The predicted molar refractivity (Wildman–Crippen MR) is 133 cm³/mol. The van der Waals surface area contributed by atoms with Gasteiger partial charge < -0.3 is 19.9 Å². The Morgan fingerprint density at radius 1 is 1.00 bits per heavy atom. The molecule has 0 heterocycles. The zero-order chi connectivity index (χ0) is 23.8. The number of carboxylic acid groups (broad SMARTS) is 1. The van der Waals surface area contributed by atoms with Gasteiger partial charge in [0.2, 0.25) is 0 Å². The van der Waals surface area contributed by atoms with Crippen molar-refractivity contribution in [1.82, 2.24) is 5.32 Å². The van der Waals surface area contributed by atoms with Gasteiger partial charge in [-0.25, -0.2) is 4.79 Å². The molecule has 0 aliphatic heterocycles. The summed E-state index contributed by atoms with van der Waals surface area (Å²) in [6, 6.07) is 19.5. The fourth-order valence-corrected chi connectivity index (χ4v) is 3.98. The zero-order valence-corrected chi connectivity index (χ0v) is 20.9. The second-order valence-electron chi connectivity index (χ2n) is 6.86. The van der Waals surface area contributed by atoms with Crippen molar-refractivity contribution < 1.29 is 24.2 Å². The number of aliphatic carboxylic acids is 1. The van der Waals surface area contributed by atoms with Crippen LogP contribution < -0.4 is 14.8 Å². The second-order valence-corrected chi connectivity index (χ2v) is 8.63. The van der Waals surface area contributed by atoms with Crippen molar-refractivity contribution in [2.45, 2.75) is 13.5 Å². The van der Waals surface area contributed by atoms with Crippen LogP contribution >= 0.6 is 31.9 Å². The lowest BCUT2D eigenvalue weighted by Gasteiger charge is -2.15. The first kappa shape index (κ1) is 24.5. The first-order valence-corrected chi connectivity index (χ1v) is 11.6. The summed E-state index contributed by atoms with van der Waals surface area (Å²) in [4.78, 5) is 24.2. The molecule has 0 saturated heterocycles. The third-order valence-corrected chi connectivity index (χ3v) is 5.51. The molecule has 0 unspecified atom stereocenters. The highest BCUT2D eigenvalue weighted by Gasteiger charge is 2.16. The van der Waals surface area contributed by atoms with E-state index in [0.717, 1.165) is 10.0 Å². The monoisotopic (exact) mass is 573 g/mol. The summed E-state index contributed by atoms with van der Waals surface area (Å²) in [5, 5.41) is 12.1. The Hall–Kier alpha value is -3.10. The van der Waals surface area contributed by atoms with Gasteiger partial charge in [0, 0.05) is 10.0 Å². The maximum atomic E-state index is 12.4. The van der Waals surface area contributed by atoms with Gasteiger partial charge >= 0.3 is 5.97 Å². The minimum absolute atomic E-state index is 0.263. The molecule has 1 amide bonds. The van der Waals surface area contributed by atoms with Crippen LogP contribution in [-0.4, -0.2) is 23.6 Å². The van der Waals surface area contributed by atoms with E-state index in [-0.39, 0.29) is 5.70 Å². The molecule has 0 aromatic heterocycles. The number of benzene rings is 3. The number of nitrogens with one attached hydrogen (secondary N) is 1. The Morgan fingerprint density at radius 2 is 1.76 bits per heavy atom. The lowest BCUT2D eigenvalue weighted by Crippen LogP contribution is -2.27. The fourth-order valence-electron chi connectivity index (χ4n) is 2.96. The van der Waals surface area contributed by atoms with E-state index in [4.69, 9.17) is 9.47 Å². The molecule has 0 bridgehead atoms. The Labute approximate surface area is 208 Å². The minimum Gasteiger partial charge on any atom is -0.490 e. The molecule has 3 aromatic carbocycles. The number of carbonyl (C=O) groups is 2. The minimum atomic E-state index is -1.26. The molecule has 6 nitrogen and oxygen atoms in total. The molecule has 0 fully saturated rings. The second kappa shape index (κ2) is 11.7. The molecule has 33 heavy (non-hydrogen) atoms. The lowest BCUT2D eigenvalue weighted by atomic mass is 10.1. The van der Waals surface area contributed by atoms with Crippen molar-refractivity contribution in [3.05, 3.63) is 98.1 Å². The van der Waals surface area contributed by atoms with E-state index in [1.807, 2.05) is 31.2 Å². The average Bonchev–Trinajstić information content (AvgIpc) is 2.79. The van der Waals surface area contributed by atoms with E-state index in [9.17, 15) is 14.7 Å². The first-order valence-electron chi connectivity index (χ1n) is 10.0. The highest BCUT2D eigenvalue weighted by molar-refractivity contribution is 9.10. The summed E-state index contributed by atoms with van der Waals surface area (Å²) in [5.74, 6) is -0.822. The topological polar surface area (TPSA) is 84.9 Å². The van der Waals surface area contributed by atoms with Gasteiger partial charge in [-0.2, -0.15) is 0 Å². The summed E-state index contributed by atoms with van der Waals surface area (Å²) in [6.07, 6.45) is 1.37. The summed E-state index contributed by atoms with van der Waals surface area (Å²) >= 11 is 6.94. The van der Waals surface area contributed by atoms with Gasteiger partial charge in [-0.3, -0.25) is 4.79 Å². The van der Waals surface area contributed by atoms with Gasteiger partial charge in [0.1, 0.15) is 12.3 Å². The number of carbonyl (C=O) groups excluding carboxylic acids is 1. The Balaban J connectivity index is 1.87. The van der Waals surface area contributed by atoms with Crippen LogP contribution in [0.15, 0.2) is 81.4 Å². The highest BCUT2D eigenvalue weighted by Crippen LogP contribution is 2.38. The standard InChI is InChI=1S/C25H21Br2NO5/c1-2-32-22-14-17(12-20(27)23(22)33-15-16-7-6-10-19(26)11-16)13-21(25(30)31)28-24(29)18-8-4-3-5-9-18/h3-14H,2,15H2,1H3,(H,28,29)(H,30,31)/b21-13+. The van der Waals surface area contributed by atoms with Crippen LogP contribution in [0.5, 0.6) is 11.5 Å². The molecule has 0 radical (unpaired) electrons. The Morgan fingerprint density at radius 3 is 2.42 bits per heavy atom. The maximum Gasteiger partial charge on any atom is 0.352 e. The van der Waals surface area contributed by atoms with Crippen LogP contribution in [0.1, 0.15) is 28.4 Å². The van der Waals surface area contributed by atoms with E-state index in [1.54, 1.807) is 42.5 Å². The smallest absolute Gasteiger partial charge is 0.352 e. The molecule has 0 saturated carbocycles. The summed E-state index contributed by atoms with van der Waals surface area (Å²) < 4.78 is 13.3.